The van der Waals surface area contributed by atoms with Crippen LogP contribution in [0.5, 0.6) is 0 Å². The smallest absolute Gasteiger partial charge is 0.272 e. The fraction of sp³-hybridized carbons (Fsp3) is 0.0952. The Kier molecular flexibility index (Phi) is 4.72. The van der Waals surface area contributed by atoms with Crippen LogP contribution in [0.2, 0.25) is 5.02 Å². The summed E-state index contributed by atoms with van der Waals surface area (Å²) < 4.78 is 16.2. The second-order valence-corrected chi connectivity index (χ2v) is 7.71. The van der Waals surface area contributed by atoms with Crippen molar-refractivity contribution < 1.29 is 9.18 Å². The predicted molar refractivity (Wildman–Crippen MR) is 109 cm³/mol. The van der Waals surface area contributed by atoms with Crippen LogP contribution in [-0.2, 0) is 6.54 Å². The van der Waals surface area contributed by atoms with E-state index in [1.54, 1.807) is 35.6 Å². The minimum Gasteiger partial charge on any atom is -0.331 e. The second kappa shape index (κ2) is 7.18. The molecule has 1 amide bonds. The van der Waals surface area contributed by atoms with Crippen molar-refractivity contribution in [2.24, 2.45) is 0 Å². The summed E-state index contributed by atoms with van der Waals surface area (Å²) in [5.41, 5.74) is 4.09. The van der Waals surface area contributed by atoms with Crippen LogP contribution in [0.1, 0.15) is 21.6 Å². The average Bonchev–Trinajstić information content (AvgIpc) is 3.22. The van der Waals surface area contributed by atoms with Gasteiger partial charge < -0.3 is 9.88 Å². The number of nitrogens with one attached hydrogen (secondary N) is 1. The number of rotatable bonds is 4. The lowest BCUT2D eigenvalue weighted by Gasteiger charge is -2.12. The van der Waals surface area contributed by atoms with Crippen molar-refractivity contribution in [2.75, 3.05) is 5.32 Å². The number of aryl methyl sites for hydroxylation is 1. The number of hydrogen-bond donors (Lipinski definition) is 1. The molecule has 0 aliphatic rings. The van der Waals surface area contributed by atoms with Gasteiger partial charge in [0.2, 0.25) is 0 Å². The summed E-state index contributed by atoms with van der Waals surface area (Å²) in [5.74, 6) is -0.479. The molecule has 2 heterocycles. The second-order valence-electron chi connectivity index (χ2n) is 6.33. The quantitative estimate of drug-likeness (QED) is 0.442. The van der Waals surface area contributed by atoms with Crippen LogP contribution in [0.3, 0.4) is 0 Å². The van der Waals surface area contributed by atoms with Crippen LogP contribution in [0.4, 0.5) is 10.1 Å². The maximum Gasteiger partial charge on any atom is 0.272 e. The summed E-state index contributed by atoms with van der Waals surface area (Å²) in [7, 11) is 0. The molecule has 0 aliphatic carbocycles. The molecule has 0 radical (unpaired) electrons. The van der Waals surface area contributed by atoms with Crippen molar-refractivity contribution in [2.45, 2.75) is 13.5 Å². The minimum absolute atomic E-state index is 0.203. The molecule has 0 bridgehead atoms. The number of amides is 1. The van der Waals surface area contributed by atoms with Gasteiger partial charge in [-0.25, -0.2) is 4.39 Å². The Labute approximate surface area is 165 Å². The fourth-order valence-electron chi connectivity index (χ4n) is 3.02. The molecule has 27 heavy (non-hydrogen) atoms. The van der Waals surface area contributed by atoms with Gasteiger partial charge in [-0.15, -0.1) is 11.3 Å². The lowest BCUT2D eigenvalue weighted by Crippen LogP contribution is -2.18. The number of carbonyl (C=O) groups is 1. The zero-order chi connectivity index (χ0) is 19.0. The van der Waals surface area contributed by atoms with E-state index >= 15 is 0 Å². The van der Waals surface area contributed by atoms with Crippen molar-refractivity contribution in [3.05, 3.63) is 87.6 Å². The highest BCUT2D eigenvalue weighted by molar-refractivity contribution is 7.17. The zero-order valence-electron chi connectivity index (χ0n) is 14.5. The van der Waals surface area contributed by atoms with E-state index in [0.717, 1.165) is 21.3 Å². The van der Waals surface area contributed by atoms with E-state index in [1.165, 1.54) is 12.1 Å². The first-order valence-corrected chi connectivity index (χ1v) is 9.66. The van der Waals surface area contributed by atoms with E-state index in [-0.39, 0.29) is 11.7 Å². The van der Waals surface area contributed by atoms with Gasteiger partial charge in [-0.05, 0) is 59.8 Å². The lowest BCUT2D eigenvalue weighted by atomic mass is 10.2. The molecule has 136 valence electrons. The molecular formula is C21H16ClFN2OS. The third-order valence-corrected chi connectivity index (χ3v) is 5.55. The SMILES string of the molecule is Cc1ccc(Cl)cc1NC(=O)c1cc2sccc2n1Cc1ccc(F)cc1. The number of nitrogens with zero attached hydrogens (tertiary/aromatic N) is 1. The van der Waals surface area contributed by atoms with Crippen LogP contribution in [0.25, 0.3) is 10.2 Å². The number of fused-ring (bicyclic) bond motifs is 1. The number of hydrogen-bond acceptors (Lipinski definition) is 2. The van der Waals surface area contributed by atoms with E-state index < -0.39 is 0 Å². The highest BCUT2D eigenvalue weighted by Gasteiger charge is 2.17. The summed E-state index contributed by atoms with van der Waals surface area (Å²) in [6, 6.07) is 15.6. The van der Waals surface area contributed by atoms with Crippen LogP contribution in [0.15, 0.2) is 60.0 Å². The maximum atomic E-state index is 13.2. The predicted octanol–water partition coefficient (Wildman–Crippen LogP) is 6.10. The van der Waals surface area contributed by atoms with Crippen molar-refractivity contribution in [1.29, 1.82) is 0 Å². The molecular weight excluding hydrogens is 383 g/mol. The van der Waals surface area contributed by atoms with E-state index in [1.807, 2.05) is 35.1 Å². The molecule has 0 unspecified atom stereocenters. The van der Waals surface area contributed by atoms with Gasteiger partial charge in [-0.2, -0.15) is 0 Å². The molecule has 0 aliphatic heterocycles. The third-order valence-electron chi connectivity index (χ3n) is 4.46. The Morgan fingerprint density at radius 3 is 2.70 bits per heavy atom. The van der Waals surface area contributed by atoms with Gasteiger partial charge in [0.05, 0.1) is 10.2 Å². The monoisotopic (exact) mass is 398 g/mol. The number of thiophene rings is 1. The Bertz CT molecular complexity index is 1130. The van der Waals surface area contributed by atoms with E-state index in [2.05, 4.69) is 5.32 Å². The number of halogens is 2. The third kappa shape index (κ3) is 3.61. The van der Waals surface area contributed by atoms with Crippen LogP contribution >= 0.6 is 22.9 Å². The highest BCUT2D eigenvalue weighted by atomic mass is 35.5. The zero-order valence-corrected chi connectivity index (χ0v) is 16.1. The molecule has 3 nitrogen and oxygen atoms in total. The topological polar surface area (TPSA) is 34.0 Å². The summed E-state index contributed by atoms with van der Waals surface area (Å²) >= 11 is 7.64. The molecule has 0 saturated heterocycles. The Balaban J connectivity index is 1.70. The molecule has 0 fully saturated rings. The number of anilines is 1. The Hall–Kier alpha value is -2.63. The Morgan fingerprint density at radius 2 is 1.93 bits per heavy atom. The van der Waals surface area contributed by atoms with Gasteiger partial charge in [0, 0.05) is 17.3 Å². The van der Waals surface area contributed by atoms with Gasteiger partial charge >= 0.3 is 0 Å². The Morgan fingerprint density at radius 1 is 1.15 bits per heavy atom. The minimum atomic E-state index is -0.277. The normalized spacial score (nSPS) is 11.1. The van der Waals surface area contributed by atoms with E-state index in [9.17, 15) is 9.18 Å². The van der Waals surface area contributed by atoms with Crippen LogP contribution in [-0.4, -0.2) is 10.5 Å². The van der Waals surface area contributed by atoms with E-state index in [0.29, 0.717) is 22.9 Å². The van der Waals surface area contributed by atoms with Crippen molar-refractivity contribution in [1.82, 2.24) is 4.57 Å². The molecule has 2 aromatic heterocycles. The van der Waals surface area contributed by atoms with Gasteiger partial charge in [0.15, 0.2) is 0 Å². The van der Waals surface area contributed by atoms with Crippen molar-refractivity contribution >= 4 is 44.7 Å². The first kappa shape index (κ1) is 17.8. The van der Waals surface area contributed by atoms with Gasteiger partial charge in [-0.3, -0.25) is 4.79 Å². The molecule has 1 N–H and O–H groups in total. The molecule has 4 aromatic rings. The van der Waals surface area contributed by atoms with Gasteiger partial charge in [-0.1, -0.05) is 29.8 Å². The molecule has 2 aromatic carbocycles. The number of carbonyl (C=O) groups excluding carboxylic acids is 1. The fourth-order valence-corrected chi connectivity index (χ4v) is 4.02. The van der Waals surface area contributed by atoms with Crippen molar-refractivity contribution in [3.63, 3.8) is 0 Å². The van der Waals surface area contributed by atoms with Gasteiger partial charge in [0.25, 0.3) is 5.91 Å². The van der Waals surface area contributed by atoms with Crippen molar-refractivity contribution in [3.8, 4) is 0 Å². The summed E-state index contributed by atoms with van der Waals surface area (Å²) in [6.45, 7) is 2.40. The average molecular weight is 399 g/mol. The molecule has 0 spiro atoms. The molecule has 4 rings (SSSR count). The molecule has 6 heteroatoms. The van der Waals surface area contributed by atoms with E-state index in [4.69, 9.17) is 11.6 Å². The summed E-state index contributed by atoms with van der Waals surface area (Å²) in [4.78, 5) is 13.0. The van der Waals surface area contributed by atoms with Gasteiger partial charge in [0.1, 0.15) is 11.5 Å². The maximum absolute atomic E-state index is 13.2. The summed E-state index contributed by atoms with van der Waals surface area (Å²) in [6.07, 6.45) is 0. The summed E-state index contributed by atoms with van der Waals surface area (Å²) in [5, 5.41) is 5.52. The van der Waals surface area contributed by atoms with Crippen LogP contribution in [0, 0.1) is 12.7 Å². The first-order chi connectivity index (χ1) is 13.0. The number of aromatic nitrogens is 1. The van der Waals surface area contributed by atoms with Crippen LogP contribution < -0.4 is 5.32 Å². The molecule has 0 saturated carbocycles. The first-order valence-electron chi connectivity index (χ1n) is 8.40. The molecule has 0 atom stereocenters. The largest absolute Gasteiger partial charge is 0.331 e. The highest BCUT2D eigenvalue weighted by Crippen LogP contribution is 2.28. The lowest BCUT2D eigenvalue weighted by molar-refractivity contribution is 0.101. The number of benzene rings is 2. The standard InChI is InChI=1S/C21H16ClFN2OS/c1-13-2-5-15(22)10-17(13)24-21(26)19-11-20-18(8-9-27-20)25(19)12-14-3-6-16(23)7-4-14/h2-11H,12H2,1H3,(H,24,26).